The Kier molecular flexibility index (Phi) is 5.78. The zero-order valence-electron chi connectivity index (χ0n) is 18.7. The van der Waals surface area contributed by atoms with Crippen LogP contribution in [-0.4, -0.2) is 53.0 Å². The number of rotatable bonds is 5. The zero-order chi connectivity index (χ0) is 23.8. The molecule has 0 bridgehead atoms. The summed E-state index contributed by atoms with van der Waals surface area (Å²) in [5, 5.41) is 6.93. The third kappa shape index (κ3) is 4.26. The van der Waals surface area contributed by atoms with Gasteiger partial charge in [0, 0.05) is 48.6 Å². The predicted octanol–water partition coefficient (Wildman–Crippen LogP) is 2.64. The Morgan fingerprint density at radius 2 is 2.15 bits per heavy atom. The maximum Gasteiger partial charge on any atom is 0.279 e. The molecular weight excluding hydrogens is 458 g/mol. The molecule has 1 atom stereocenters. The summed E-state index contributed by atoms with van der Waals surface area (Å²) in [6, 6.07) is 8.84. The number of aromatic nitrogens is 2. The van der Waals surface area contributed by atoms with Crippen molar-refractivity contribution in [2.75, 3.05) is 30.4 Å². The molecule has 0 spiro atoms. The van der Waals surface area contributed by atoms with E-state index >= 15 is 0 Å². The normalized spacial score (nSPS) is 17.6. The number of ether oxygens (including phenoxy) is 1. The van der Waals surface area contributed by atoms with Gasteiger partial charge in [-0.3, -0.25) is 19.7 Å². The van der Waals surface area contributed by atoms with Crippen LogP contribution in [0, 0.1) is 12.8 Å². The van der Waals surface area contributed by atoms with Gasteiger partial charge in [0.2, 0.25) is 11.8 Å². The predicted molar refractivity (Wildman–Crippen MR) is 124 cm³/mol. The van der Waals surface area contributed by atoms with Crippen molar-refractivity contribution >= 4 is 39.9 Å². The van der Waals surface area contributed by atoms with Crippen LogP contribution in [0.15, 0.2) is 34.9 Å². The van der Waals surface area contributed by atoms with Gasteiger partial charge in [-0.05, 0) is 19.1 Å². The van der Waals surface area contributed by atoms with Gasteiger partial charge in [0.05, 0.1) is 25.3 Å². The Balaban J connectivity index is 1.24. The molecule has 0 saturated carbocycles. The number of hydrogen-bond donors (Lipinski definition) is 1. The fourth-order valence-corrected chi connectivity index (χ4v) is 5.25. The van der Waals surface area contributed by atoms with Crippen LogP contribution in [0.4, 0.5) is 10.8 Å². The quantitative estimate of drug-likeness (QED) is 0.595. The van der Waals surface area contributed by atoms with E-state index in [4.69, 9.17) is 9.26 Å². The first-order chi connectivity index (χ1) is 16.4. The molecule has 10 nitrogen and oxygen atoms in total. The van der Waals surface area contributed by atoms with Gasteiger partial charge in [-0.15, -0.1) is 0 Å². The number of nitrogens with one attached hydrogen (secondary N) is 1. The lowest BCUT2D eigenvalue weighted by Crippen LogP contribution is -2.40. The molecule has 176 valence electrons. The van der Waals surface area contributed by atoms with Crippen molar-refractivity contribution in [2.45, 2.75) is 26.3 Å². The molecule has 1 unspecified atom stereocenters. The van der Waals surface area contributed by atoms with Gasteiger partial charge < -0.3 is 19.1 Å². The topological polar surface area (TPSA) is 118 Å². The SMILES string of the molecule is COc1cccc(N2CC(C(=O)N3CCc4nc(NC(=O)c5cc(C)on5)sc4C3)CC2=O)c1. The Hall–Kier alpha value is -3.73. The molecule has 2 aliphatic rings. The standard InChI is InChI=1S/C23H23N5O5S/c1-13-8-18(26-33-13)21(30)25-23-24-17-6-7-27(12-19(17)34-23)22(31)14-9-20(29)28(11-14)15-4-3-5-16(10-15)32-2/h3-5,8,10,14H,6-7,9,11-12H2,1-2H3,(H,24,25,30). The van der Waals surface area contributed by atoms with E-state index in [1.165, 1.54) is 11.3 Å². The lowest BCUT2D eigenvalue weighted by molar-refractivity contribution is -0.136. The van der Waals surface area contributed by atoms with Crippen LogP contribution in [0.25, 0.3) is 0 Å². The number of methoxy groups -OCH3 is 1. The van der Waals surface area contributed by atoms with E-state index in [9.17, 15) is 14.4 Å². The molecule has 0 radical (unpaired) electrons. The maximum absolute atomic E-state index is 13.2. The first-order valence-electron chi connectivity index (χ1n) is 10.9. The molecule has 34 heavy (non-hydrogen) atoms. The Morgan fingerprint density at radius 1 is 1.29 bits per heavy atom. The number of carbonyl (C=O) groups is 3. The van der Waals surface area contributed by atoms with Gasteiger partial charge in [-0.1, -0.05) is 22.6 Å². The number of carbonyl (C=O) groups excluding carboxylic acids is 3. The Bertz CT molecular complexity index is 1270. The number of amides is 3. The average Bonchev–Trinajstić information content (AvgIpc) is 3.55. The lowest BCUT2D eigenvalue weighted by atomic mass is 10.1. The molecule has 4 heterocycles. The van der Waals surface area contributed by atoms with Gasteiger partial charge in [0.1, 0.15) is 11.5 Å². The van der Waals surface area contributed by atoms with Crippen LogP contribution in [0.2, 0.25) is 0 Å². The number of nitrogens with zero attached hydrogens (tertiary/aromatic N) is 4. The van der Waals surface area contributed by atoms with Crippen LogP contribution in [-0.2, 0) is 22.6 Å². The van der Waals surface area contributed by atoms with E-state index in [0.717, 1.165) is 16.3 Å². The molecule has 11 heteroatoms. The average molecular weight is 482 g/mol. The van der Waals surface area contributed by atoms with E-state index in [-0.39, 0.29) is 23.9 Å². The summed E-state index contributed by atoms with van der Waals surface area (Å²) in [7, 11) is 1.58. The maximum atomic E-state index is 13.2. The van der Waals surface area contributed by atoms with Gasteiger partial charge in [-0.25, -0.2) is 4.98 Å². The fourth-order valence-electron chi connectivity index (χ4n) is 4.23. The van der Waals surface area contributed by atoms with Crippen LogP contribution >= 0.6 is 11.3 Å². The minimum absolute atomic E-state index is 0.0403. The van der Waals surface area contributed by atoms with Crippen LogP contribution in [0.1, 0.15) is 33.2 Å². The van der Waals surface area contributed by atoms with Crippen molar-refractivity contribution in [3.8, 4) is 5.75 Å². The molecule has 1 aromatic carbocycles. The smallest absolute Gasteiger partial charge is 0.279 e. The van der Waals surface area contributed by atoms with Gasteiger partial charge in [-0.2, -0.15) is 0 Å². The van der Waals surface area contributed by atoms with E-state index < -0.39 is 11.8 Å². The third-order valence-corrected chi connectivity index (χ3v) is 6.96. The summed E-state index contributed by atoms with van der Waals surface area (Å²) >= 11 is 1.34. The van der Waals surface area contributed by atoms with Gasteiger partial charge in [0.15, 0.2) is 10.8 Å². The summed E-state index contributed by atoms with van der Waals surface area (Å²) in [6.07, 6.45) is 0.775. The molecule has 3 aromatic rings. The third-order valence-electron chi connectivity index (χ3n) is 5.96. The highest BCUT2D eigenvalue weighted by molar-refractivity contribution is 7.15. The summed E-state index contributed by atoms with van der Waals surface area (Å²) in [4.78, 5) is 47.1. The highest BCUT2D eigenvalue weighted by atomic mass is 32.1. The first-order valence-corrected chi connectivity index (χ1v) is 11.7. The molecule has 5 rings (SSSR count). The molecule has 2 aromatic heterocycles. The number of hydrogen-bond acceptors (Lipinski definition) is 8. The molecule has 1 N–H and O–H groups in total. The minimum atomic E-state index is -0.400. The zero-order valence-corrected chi connectivity index (χ0v) is 19.6. The molecule has 1 saturated heterocycles. The molecule has 3 amide bonds. The van der Waals surface area contributed by atoms with Crippen LogP contribution in [0.5, 0.6) is 5.75 Å². The number of anilines is 2. The van der Waals surface area contributed by atoms with E-state index in [2.05, 4.69) is 15.5 Å². The summed E-state index contributed by atoms with van der Waals surface area (Å²) in [6.45, 7) is 2.99. The highest BCUT2D eigenvalue weighted by Gasteiger charge is 2.38. The highest BCUT2D eigenvalue weighted by Crippen LogP contribution is 2.32. The van der Waals surface area contributed by atoms with E-state index in [1.54, 1.807) is 36.0 Å². The number of aryl methyl sites for hydroxylation is 1. The van der Waals surface area contributed by atoms with Crippen molar-refractivity contribution in [2.24, 2.45) is 5.92 Å². The van der Waals surface area contributed by atoms with E-state index in [1.807, 2.05) is 18.2 Å². The van der Waals surface area contributed by atoms with Crippen molar-refractivity contribution in [3.05, 3.63) is 52.4 Å². The van der Waals surface area contributed by atoms with Crippen molar-refractivity contribution in [1.29, 1.82) is 0 Å². The Labute approximate surface area is 199 Å². The molecule has 0 aliphatic carbocycles. The number of fused-ring (bicyclic) bond motifs is 1. The van der Waals surface area contributed by atoms with Crippen LogP contribution in [0.3, 0.4) is 0 Å². The number of thiazole rings is 1. The van der Waals surface area contributed by atoms with E-state index in [0.29, 0.717) is 42.7 Å². The number of benzene rings is 1. The fraction of sp³-hybridized carbons (Fsp3) is 0.348. The lowest BCUT2D eigenvalue weighted by Gasteiger charge is -2.28. The minimum Gasteiger partial charge on any atom is -0.497 e. The monoisotopic (exact) mass is 481 g/mol. The second kappa shape index (κ2) is 8.90. The molecule has 2 aliphatic heterocycles. The second-order valence-corrected chi connectivity index (χ2v) is 9.37. The van der Waals surface area contributed by atoms with Gasteiger partial charge >= 0.3 is 0 Å². The molecular formula is C23H23N5O5S. The summed E-state index contributed by atoms with van der Waals surface area (Å²) < 4.78 is 10.2. The van der Waals surface area contributed by atoms with Crippen molar-refractivity contribution < 1.29 is 23.6 Å². The summed E-state index contributed by atoms with van der Waals surface area (Å²) in [5.41, 5.74) is 1.79. The second-order valence-electron chi connectivity index (χ2n) is 8.28. The first kappa shape index (κ1) is 22.1. The molecule has 1 fully saturated rings. The summed E-state index contributed by atoms with van der Waals surface area (Å²) in [5.74, 6) is 0.306. The van der Waals surface area contributed by atoms with Crippen LogP contribution < -0.4 is 15.0 Å². The van der Waals surface area contributed by atoms with Gasteiger partial charge in [0.25, 0.3) is 5.91 Å². The Morgan fingerprint density at radius 3 is 2.91 bits per heavy atom. The largest absolute Gasteiger partial charge is 0.497 e. The van der Waals surface area contributed by atoms with Crippen molar-refractivity contribution in [1.82, 2.24) is 15.0 Å². The van der Waals surface area contributed by atoms with Crippen molar-refractivity contribution in [3.63, 3.8) is 0 Å².